The van der Waals surface area contributed by atoms with Gasteiger partial charge in [0.1, 0.15) is 16.1 Å². The van der Waals surface area contributed by atoms with Crippen LogP contribution in [-0.4, -0.2) is 49.1 Å². The number of thiazole rings is 1. The van der Waals surface area contributed by atoms with Crippen LogP contribution in [0.1, 0.15) is 9.67 Å². The zero-order valence-electron chi connectivity index (χ0n) is 16.0. The maximum absolute atomic E-state index is 13.1. The maximum atomic E-state index is 13.1. The highest BCUT2D eigenvalue weighted by molar-refractivity contribution is 7.23. The molecule has 9 heteroatoms. The minimum absolute atomic E-state index is 0.00476. The Hall–Kier alpha value is -2.06. The molecule has 4 aromatic rings. The molecule has 0 unspecified atom stereocenters. The van der Waals surface area contributed by atoms with E-state index in [1.807, 2.05) is 41.3 Å². The number of rotatable bonds is 3. The second-order valence-corrected chi connectivity index (χ2v) is 9.76. The lowest BCUT2D eigenvalue weighted by Gasteiger charge is -2.34. The van der Waals surface area contributed by atoms with Crippen molar-refractivity contribution in [1.29, 1.82) is 0 Å². The Morgan fingerprint density at radius 1 is 1.07 bits per heavy atom. The summed E-state index contributed by atoms with van der Waals surface area (Å²) in [7, 11) is 1.63. The number of aromatic nitrogens is 1. The molecule has 1 fully saturated rings. The van der Waals surface area contributed by atoms with Gasteiger partial charge in [-0.25, -0.2) is 4.98 Å². The molecule has 1 saturated heterocycles. The highest BCUT2D eigenvalue weighted by Gasteiger charge is 2.27. The average molecular weight is 478 g/mol. The number of thiophene rings is 1. The van der Waals surface area contributed by atoms with Crippen LogP contribution in [0, 0.1) is 0 Å². The van der Waals surface area contributed by atoms with Crippen LogP contribution in [0.4, 0.5) is 5.13 Å². The van der Waals surface area contributed by atoms with Gasteiger partial charge in [0.15, 0.2) is 5.13 Å². The van der Waals surface area contributed by atoms with Gasteiger partial charge in [-0.3, -0.25) is 4.79 Å². The molecule has 1 aliphatic heterocycles. The summed E-state index contributed by atoms with van der Waals surface area (Å²) in [6, 6.07) is 11.5. The van der Waals surface area contributed by atoms with E-state index in [-0.39, 0.29) is 5.91 Å². The number of carbonyl (C=O) groups excluding carboxylic acids is 1. The van der Waals surface area contributed by atoms with Crippen LogP contribution in [0.2, 0.25) is 10.0 Å². The zero-order chi connectivity index (χ0) is 20.8. The van der Waals surface area contributed by atoms with Gasteiger partial charge in [-0.2, -0.15) is 0 Å². The SMILES string of the molecule is COc1ccc(Cl)c2sc(N3CCN(C(=O)c4sc5ccccc5c4Cl)CC3)nc12. The summed E-state index contributed by atoms with van der Waals surface area (Å²) in [5.41, 5.74) is 0.778. The molecule has 0 spiro atoms. The van der Waals surface area contributed by atoms with E-state index >= 15 is 0 Å². The van der Waals surface area contributed by atoms with Crippen molar-refractivity contribution in [2.45, 2.75) is 0 Å². The van der Waals surface area contributed by atoms with Gasteiger partial charge in [0.05, 0.1) is 21.9 Å². The Labute approximate surface area is 191 Å². The molecule has 0 atom stereocenters. The van der Waals surface area contributed by atoms with Crippen molar-refractivity contribution in [2.24, 2.45) is 0 Å². The van der Waals surface area contributed by atoms with Gasteiger partial charge in [0, 0.05) is 36.3 Å². The summed E-state index contributed by atoms with van der Waals surface area (Å²) in [6.07, 6.45) is 0. The highest BCUT2D eigenvalue weighted by Crippen LogP contribution is 2.39. The zero-order valence-corrected chi connectivity index (χ0v) is 19.2. The number of halogens is 2. The van der Waals surface area contributed by atoms with Crippen LogP contribution in [-0.2, 0) is 0 Å². The molecule has 1 aliphatic rings. The normalized spacial score (nSPS) is 14.6. The maximum Gasteiger partial charge on any atom is 0.265 e. The second kappa shape index (κ2) is 7.89. The molecule has 0 bridgehead atoms. The van der Waals surface area contributed by atoms with Crippen molar-refractivity contribution in [3.8, 4) is 5.75 Å². The molecule has 2 aromatic heterocycles. The topological polar surface area (TPSA) is 45.7 Å². The molecule has 154 valence electrons. The van der Waals surface area contributed by atoms with Crippen molar-refractivity contribution in [3.05, 3.63) is 51.3 Å². The van der Waals surface area contributed by atoms with Crippen molar-refractivity contribution >= 4 is 77.2 Å². The van der Waals surface area contributed by atoms with Gasteiger partial charge in [-0.15, -0.1) is 11.3 Å². The number of anilines is 1. The first kappa shape index (κ1) is 19.9. The third kappa shape index (κ3) is 3.30. The molecule has 0 saturated carbocycles. The summed E-state index contributed by atoms with van der Waals surface area (Å²) in [4.78, 5) is 22.5. The van der Waals surface area contributed by atoms with Crippen molar-refractivity contribution in [2.75, 3.05) is 38.2 Å². The van der Waals surface area contributed by atoms with Gasteiger partial charge in [-0.05, 0) is 18.2 Å². The smallest absolute Gasteiger partial charge is 0.265 e. The number of hydrogen-bond donors (Lipinski definition) is 0. The number of benzene rings is 2. The summed E-state index contributed by atoms with van der Waals surface area (Å²) in [5, 5.41) is 3.05. The Morgan fingerprint density at radius 2 is 1.83 bits per heavy atom. The van der Waals surface area contributed by atoms with Crippen molar-refractivity contribution in [1.82, 2.24) is 9.88 Å². The summed E-state index contributed by atoms with van der Waals surface area (Å²) in [6.45, 7) is 2.64. The third-order valence-electron chi connectivity index (χ3n) is 5.23. The van der Waals surface area contributed by atoms with E-state index in [4.69, 9.17) is 32.9 Å². The van der Waals surface area contributed by atoms with Crippen LogP contribution in [0.15, 0.2) is 36.4 Å². The van der Waals surface area contributed by atoms with Crippen molar-refractivity contribution in [3.63, 3.8) is 0 Å². The number of methoxy groups -OCH3 is 1. The van der Waals surface area contributed by atoms with E-state index < -0.39 is 0 Å². The van der Waals surface area contributed by atoms with E-state index in [1.54, 1.807) is 18.4 Å². The van der Waals surface area contributed by atoms with Crippen LogP contribution in [0.3, 0.4) is 0 Å². The molecule has 5 nitrogen and oxygen atoms in total. The molecule has 5 rings (SSSR count). The average Bonchev–Trinajstić information content (AvgIpc) is 3.37. The van der Waals surface area contributed by atoms with E-state index in [1.165, 1.54) is 11.3 Å². The lowest BCUT2D eigenvalue weighted by atomic mass is 10.2. The number of carbonyl (C=O) groups is 1. The molecule has 2 aromatic carbocycles. The second-order valence-electron chi connectivity index (χ2n) is 6.94. The number of amides is 1. The van der Waals surface area contributed by atoms with E-state index in [9.17, 15) is 4.79 Å². The minimum atomic E-state index is -0.00476. The monoisotopic (exact) mass is 477 g/mol. The molecule has 3 heterocycles. The first-order chi connectivity index (χ1) is 14.6. The first-order valence-corrected chi connectivity index (χ1v) is 11.8. The largest absolute Gasteiger partial charge is 0.494 e. The quantitative estimate of drug-likeness (QED) is 0.374. The Bertz CT molecular complexity index is 1260. The van der Waals surface area contributed by atoms with Gasteiger partial charge < -0.3 is 14.5 Å². The molecule has 1 amide bonds. The van der Waals surface area contributed by atoms with Crippen LogP contribution in [0.5, 0.6) is 5.75 Å². The fourth-order valence-electron chi connectivity index (χ4n) is 3.64. The van der Waals surface area contributed by atoms with Gasteiger partial charge >= 0.3 is 0 Å². The summed E-state index contributed by atoms with van der Waals surface area (Å²) in [5.74, 6) is 0.708. The van der Waals surface area contributed by atoms with Crippen LogP contribution < -0.4 is 9.64 Å². The molecule has 30 heavy (non-hydrogen) atoms. The Morgan fingerprint density at radius 3 is 2.57 bits per heavy atom. The third-order valence-corrected chi connectivity index (χ3v) is 8.47. The lowest BCUT2D eigenvalue weighted by Crippen LogP contribution is -2.48. The van der Waals surface area contributed by atoms with E-state index in [2.05, 4.69) is 4.90 Å². The summed E-state index contributed by atoms with van der Waals surface area (Å²) < 4.78 is 7.37. The van der Waals surface area contributed by atoms with E-state index in [0.29, 0.717) is 46.9 Å². The fourth-order valence-corrected chi connectivity index (χ4v) is 6.42. The number of nitrogens with zero attached hydrogens (tertiary/aromatic N) is 3. The molecule has 0 N–H and O–H groups in total. The minimum Gasteiger partial charge on any atom is -0.494 e. The van der Waals surface area contributed by atoms with Gasteiger partial charge in [-0.1, -0.05) is 52.7 Å². The first-order valence-electron chi connectivity index (χ1n) is 9.41. The number of piperazine rings is 1. The number of hydrogen-bond acceptors (Lipinski definition) is 6. The molecular formula is C21H17Cl2N3O2S2. The van der Waals surface area contributed by atoms with Crippen LogP contribution >= 0.6 is 45.9 Å². The van der Waals surface area contributed by atoms with Crippen LogP contribution in [0.25, 0.3) is 20.3 Å². The lowest BCUT2D eigenvalue weighted by molar-refractivity contribution is 0.0752. The number of ether oxygens (including phenoxy) is 1. The Kier molecular flexibility index (Phi) is 5.23. The van der Waals surface area contributed by atoms with Gasteiger partial charge in [0.25, 0.3) is 5.91 Å². The molecule has 0 radical (unpaired) electrons. The van der Waals surface area contributed by atoms with Crippen molar-refractivity contribution < 1.29 is 9.53 Å². The molecule has 0 aliphatic carbocycles. The molecular weight excluding hydrogens is 461 g/mol. The summed E-state index contributed by atoms with van der Waals surface area (Å²) >= 11 is 15.9. The number of fused-ring (bicyclic) bond motifs is 2. The van der Waals surface area contributed by atoms with E-state index in [0.717, 1.165) is 25.4 Å². The predicted octanol–water partition coefficient (Wildman–Crippen LogP) is 5.79. The predicted molar refractivity (Wildman–Crippen MR) is 126 cm³/mol. The fraction of sp³-hybridized carbons (Fsp3) is 0.238. The Balaban J connectivity index is 1.35. The standard InChI is InChI=1S/C21H17Cl2N3O2S2/c1-28-14-7-6-13(22)18-17(14)24-21(30-18)26-10-8-25(9-11-26)20(27)19-16(23)12-4-2-3-5-15(12)29-19/h2-7H,8-11H2,1H3. The van der Waals surface area contributed by atoms with Gasteiger partial charge in [0.2, 0.25) is 0 Å². The highest BCUT2D eigenvalue weighted by atomic mass is 35.5.